The van der Waals surface area contributed by atoms with Crippen LogP contribution in [0.2, 0.25) is 0 Å². The van der Waals surface area contributed by atoms with Gasteiger partial charge in [-0.05, 0) is 36.4 Å². The zero-order chi connectivity index (χ0) is 36.8. The minimum Gasteiger partial charge on any atom is -0.380 e. The molecule has 0 radical (unpaired) electrons. The van der Waals surface area contributed by atoms with Crippen molar-refractivity contribution in [2.75, 3.05) is 71.1 Å². The lowest BCUT2D eigenvalue weighted by atomic mass is 9.92. The molecule has 0 aromatic heterocycles. The summed E-state index contributed by atoms with van der Waals surface area (Å²) in [7, 11) is 0. The van der Waals surface area contributed by atoms with Crippen LogP contribution in [0.3, 0.4) is 0 Å². The smallest absolute Gasteiger partial charge is 0.251 e. The number of amides is 6. The molecule has 13 nitrogen and oxygen atoms in total. The number of ether oxygens (including phenoxy) is 1. The Labute approximate surface area is 304 Å². The molecule has 0 aliphatic carbocycles. The molecular formula is C32H40Cl4N6O7. The Morgan fingerprint density at radius 1 is 0.531 bits per heavy atom. The van der Waals surface area contributed by atoms with Crippen molar-refractivity contribution < 1.29 is 33.5 Å². The molecule has 0 aliphatic rings. The second kappa shape index (κ2) is 19.5. The van der Waals surface area contributed by atoms with Crippen molar-refractivity contribution in [1.29, 1.82) is 0 Å². The summed E-state index contributed by atoms with van der Waals surface area (Å²) in [5.74, 6) is -4.06. The topological polar surface area (TPSA) is 184 Å². The third-order valence-corrected chi connectivity index (χ3v) is 7.56. The summed E-state index contributed by atoms with van der Waals surface area (Å²) in [4.78, 5) is 73.3. The number of anilines is 4. The monoisotopic (exact) mass is 760 g/mol. The Morgan fingerprint density at radius 3 is 1.14 bits per heavy atom. The van der Waals surface area contributed by atoms with E-state index in [4.69, 9.17) is 51.1 Å². The molecule has 0 spiro atoms. The molecule has 2 rings (SSSR count). The van der Waals surface area contributed by atoms with Gasteiger partial charge in [-0.1, -0.05) is 27.7 Å². The Hall–Kier alpha value is -3.62. The average Bonchev–Trinajstić information content (AvgIpc) is 3.07. The van der Waals surface area contributed by atoms with Crippen molar-refractivity contribution in [3.63, 3.8) is 0 Å². The highest BCUT2D eigenvalue weighted by Crippen LogP contribution is 2.26. The zero-order valence-electron chi connectivity index (χ0n) is 27.5. The van der Waals surface area contributed by atoms with Crippen LogP contribution in [0.1, 0.15) is 48.4 Å². The summed E-state index contributed by atoms with van der Waals surface area (Å²) in [5.41, 5.74) is 0.433. The fourth-order valence-electron chi connectivity index (χ4n) is 4.08. The van der Waals surface area contributed by atoms with E-state index in [0.717, 1.165) is 0 Å². The fraction of sp³-hybridized carbons (Fsp3) is 0.438. The van der Waals surface area contributed by atoms with E-state index in [1.807, 2.05) is 27.7 Å². The first kappa shape index (κ1) is 41.6. The predicted octanol–water partition coefficient (Wildman–Crippen LogP) is 4.62. The second-order valence-corrected chi connectivity index (χ2v) is 13.5. The molecule has 0 heterocycles. The van der Waals surface area contributed by atoms with Crippen molar-refractivity contribution in [2.45, 2.75) is 27.7 Å². The summed E-state index contributed by atoms with van der Waals surface area (Å²) < 4.78 is 5.99. The van der Waals surface area contributed by atoms with Gasteiger partial charge >= 0.3 is 0 Å². The first-order chi connectivity index (χ1) is 23.0. The number of rotatable bonds is 18. The number of hydrogen-bond acceptors (Lipinski definition) is 7. The van der Waals surface area contributed by atoms with Crippen LogP contribution in [-0.4, -0.2) is 85.3 Å². The van der Waals surface area contributed by atoms with Crippen molar-refractivity contribution in [2.24, 2.45) is 10.8 Å². The van der Waals surface area contributed by atoms with Gasteiger partial charge in [0, 0.05) is 35.0 Å². The molecular weight excluding hydrogens is 722 g/mol. The predicted molar refractivity (Wildman–Crippen MR) is 193 cm³/mol. The van der Waals surface area contributed by atoms with Gasteiger partial charge in [-0.15, -0.1) is 46.4 Å². The van der Waals surface area contributed by atoms with Crippen molar-refractivity contribution in [3.8, 4) is 0 Å². The second-order valence-electron chi connectivity index (χ2n) is 12.4. The molecule has 6 N–H and O–H groups in total. The maximum atomic E-state index is 13.0. The largest absolute Gasteiger partial charge is 0.380 e. The van der Waals surface area contributed by atoms with Gasteiger partial charge in [0.1, 0.15) is 23.5 Å². The van der Waals surface area contributed by atoms with Gasteiger partial charge in [0.15, 0.2) is 0 Å². The zero-order valence-corrected chi connectivity index (χ0v) is 30.5. The van der Waals surface area contributed by atoms with Crippen LogP contribution < -0.4 is 31.9 Å². The third-order valence-electron chi connectivity index (χ3n) is 6.59. The fourth-order valence-corrected chi connectivity index (χ4v) is 4.35. The Balaban J connectivity index is 1.95. The number of hydrogen-bond donors (Lipinski definition) is 6. The first-order valence-electron chi connectivity index (χ1n) is 14.9. The molecule has 268 valence electrons. The quantitative estimate of drug-likeness (QED) is 0.120. The summed E-state index contributed by atoms with van der Waals surface area (Å²) in [6.07, 6.45) is 0. The summed E-state index contributed by atoms with van der Waals surface area (Å²) >= 11 is 22.3. The summed E-state index contributed by atoms with van der Waals surface area (Å²) in [6, 6.07) is 8.81. The molecule has 0 fully saturated rings. The number of benzene rings is 2. The number of carbonyl (C=O) groups is 6. The minimum atomic E-state index is -0.521. The van der Waals surface area contributed by atoms with E-state index in [-0.39, 0.29) is 83.7 Å². The molecule has 0 aliphatic heterocycles. The molecule has 0 saturated carbocycles. The van der Waals surface area contributed by atoms with Gasteiger partial charge in [-0.3, -0.25) is 28.8 Å². The van der Waals surface area contributed by atoms with Gasteiger partial charge < -0.3 is 36.6 Å². The van der Waals surface area contributed by atoms with Gasteiger partial charge in [0.05, 0.1) is 36.0 Å². The van der Waals surface area contributed by atoms with Crippen molar-refractivity contribution in [3.05, 3.63) is 47.5 Å². The SMILES string of the molecule is CC(C)(CNC(=O)c1ccc(NC(=O)CCl)c(NC(=O)CCl)c1)COCC(C)(C)CNC(=O)c1ccc(NC(=O)CCl)c(NC(=O)CCl)c1. The van der Waals surface area contributed by atoms with Crippen LogP contribution in [0.4, 0.5) is 22.7 Å². The van der Waals surface area contributed by atoms with Crippen LogP contribution in [-0.2, 0) is 23.9 Å². The molecule has 6 amide bonds. The molecule has 0 saturated heterocycles. The maximum Gasteiger partial charge on any atom is 0.251 e. The van der Waals surface area contributed by atoms with Gasteiger partial charge in [-0.2, -0.15) is 0 Å². The van der Waals surface area contributed by atoms with Crippen LogP contribution >= 0.6 is 46.4 Å². The highest BCUT2D eigenvalue weighted by molar-refractivity contribution is 6.31. The highest BCUT2D eigenvalue weighted by Gasteiger charge is 2.25. The van der Waals surface area contributed by atoms with Crippen molar-refractivity contribution in [1.82, 2.24) is 10.6 Å². The molecule has 0 atom stereocenters. The molecule has 2 aromatic carbocycles. The van der Waals surface area contributed by atoms with E-state index in [1.165, 1.54) is 36.4 Å². The maximum absolute atomic E-state index is 13.0. The van der Waals surface area contributed by atoms with Crippen LogP contribution in [0.15, 0.2) is 36.4 Å². The number of nitrogens with one attached hydrogen (secondary N) is 6. The Kier molecular flexibility index (Phi) is 16.6. The minimum absolute atomic E-state index is 0.194. The van der Waals surface area contributed by atoms with E-state index in [2.05, 4.69) is 31.9 Å². The molecule has 49 heavy (non-hydrogen) atoms. The Morgan fingerprint density at radius 2 is 0.837 bits per heavy atom. The lowest BCUT2D eigenvalue weighted by Crippen LogP contribution is -2.40. The highest BCUT2D eigenvalue weighted by atomic mass is 35.5. The van der Waals surface area contributed by atoms with Gasteiger partial charge in [0.2, 0.25) is 23.6 Å². The van der Waals surface area contributed by atoms with E-state index in [0.29, 0.717) is 0 Å². The van der Waals surface area contributed by atoms with E-state index >= 15 is 0 Å². The summed E-state index contributed by atoms with van der Waals surface area (Å²) in [5, 5.41) is 15.9. The van der Waals surface area contributed by atoms with E-state index in [1.54, 1.807) is 0 Å². The Bertz CT molecular complexity index is 1430. The van der Waals surface area contributed by atoms with Crippen LogP contribution in [0, 0.1) is 10.8 Å². The number of halogens is 4. The first-order valence-corrected chi connectivity index (χ1v) is 17.0. The van der Waals surface area contributed by atoms with E-state index in [9.17, 15) is 28.8 Å². The average molecular weight is 763 g/mol. The van der Waals surface area contributed by atoms with E-state index < -0.39 is 46.3 Å². The third kappa shape index (κ3) is 14.4. The normalized spacial score (nSPS) is 11.3. The molecule has 0 bridgehead atoms. The lowest BCUT2D eigenvalue weighted by Gasteiger charge is -2.29. The standard InChI is InChI=1S/C32H40Cl4N6O7/c1-31(2,15-37-29(47)19-5-7-21(39-25(43)11-33)23(9-19)41-27(45)13-35)17-49-18-32(3,4)16-38-30(48)20-6-8-22(40-26(44)12-34)24(10-20)42-28(46)14-36/h5-10H,11-18H2,1-4H3,(H,37,47)(H,38,48)(H,39,43)(H,40,44)(H,41,45)(H,42,46). The van der Waals surface area contributed by atoms with Crippen LogP contribution in [0.5, 0.6) is 0 Å². The van der Waals surface area contributed by atoms with Crippen LogP contribution in [0.25, 0.3) is 0 Å². The number of alkyl halides is 4. The lowest BCUT2D eigenvalue weighted by molar-refractivity contribution is -0.114. The molecule has 2 aromatic rings. The molecule has 0 unspecified atom stereocenters. The van der Waals surface area contributed by atoms with Crippen molar-refractivity contribution >= 4 is 105 Å². The van der Waals surface area contributed by atoms with Gasteiger partial charge in [0.25, 0.3) is 11.8 Å². The molecule has 17 heteroatoms. The summed E-state index contributed by atoms with van der Waals surface area (Å²) in [6.45, 7) is 8.73. The number of carbonyl (C=O) groups excluding carboxylic acids is 6. The van der Waals surface area contributed by atoms with Gasteiger partial charge in [-0.25, -0.2) is 0 Å².